The number of nitrogens with one attached hydrogen (secondary N) is 1. The zero-order valence-corrected chi connectivity index (χ0v) is 19.3. The van der Waals surface area contributed by atoms with E-state index in [-0.39, 0.29) is 10.6 Å². The number of hydrogen-bond donors (Lipinski definition) is 1. The van der Waals surface area contributed by atoms with Crippen LogP contribution in [0, 0.1) is 6.92 Å². The molecular formula is C21H29N3O6S. The van der Waals surface area contributed by atoms with Gasteiger partial charge in [-0.15, -0.1) is 0 Å². The minimum atomic E-state index is -3.66. The van der Waals surface area contributed by atoms with E-state index >= 15 is 0 Å². The minimum absolute atomic E-state index is 0.159. The number of benzene rings is 1. The van der Waals surface area contributed by atoms with Crippen LogP contribution in [0.3, 0.4) is 0 Å². The van der Waals surface area contributed by atoms with Gasteiger partial charge in [-0.25, -0.2) is 8.42 Å². The summed E-state index contributed by atoms with van der Waals surface area (Å²) < 4.78 is 45.3. The van der Waals surface area contributed by atoms with Crippen LogP contribution in [0.4, 0.5) is 5.69 Å². The topological polar surface area (TPSA) is 99.1 Å². The van der Waals surface area contributed by atoms with Crippen molar-refractivity contribution in [2.24, 2.45) is 7.05 Å². The molecular weight excluding hydrogens is 422 g/mol. The molecule has 1 aromatic heterocycles. The maximum absolute atomic E-state index is 13.1. The average Bonchev–Trinajstić information content (AvgIpc) is 3.08. The first-order valence-corrected chi connectivity index (χ1v) is 11.5. The zero-order chi connectivity index (χ0) is 22.8. The number of anilines is 1. The quantitative estimate of drug-likeness (QED) is 0.695. The third kappa shape index (κ3) is 4.35. The molecule has 1 fully saturated rings. The number of hydrogen-bond acceptors (Lipinski definition) is 6. The molecule has 31 heavy (non-hydrogen) atoms. The second kappa shape index (κ2) is 9.19. The molecule has 0 bridgehead atoms. The molecule has 1 aliphatic rings. The molecule has 1 N–H and O–H groups in total. The molecule has 1 aliphatic heterocycles. The fraction of sp³-hybridized carbons (Fsp3) is 0.476. The highest BCUT2D eigenvalue weighted by Crippen LogP contribution is 2.40. The summed E-state index contributed by atoms with van der Waals surface area (Å²) in [5, 5.41) is 2.79. The van der Waals surface area contributed by atoms with Gasteiger partial charge >= 0.3 is 0 Å². The van der Waals surface area contributed by atoms with Gasteiger partial charge in [0, 0.05) is 43.7 Å². The van der Waals surface area contributed by atoms with E-state index < -0.39 is 15.9 Å². The molecule has 170 valence electrons. The Bertz CT molecular complexity index is 1050. The van der Waals surface area contributed by atoms with Crippen LogP contribution < -0.4 is 19.5 Å². The van der Waals surface area contributed by atoms with Crippen molar-refractivity contribution in [1.82, 2.24) is 8.87 Å². The summed E-state index contributed by atoms with van der Waals surface area (Å²) in [5.41, 5.74) is 1.18. The van der Waals surface area contributed by atoms with Crippen LogP contribution in [-0.4, -0.2) is 57.6 Å². The van der Waals surface area contributed by atoms with E-state index in [1.807, 2.05) is 0 Å². The number of amides is 1. The number of carbonyl (C=O) groups excluding carboxylic acids is 1. The number of sulfonamides is 1. The van der Waals surface area contributed by atoms with Gasteiger partial charge in [-0.1, -0.05) is 6.42 Å². The van der Waals surface area contributed by atoms with E-state index in [0.717, 1.165) is 19.3 Å². The van der Waals surface area contributed by atoms with Crippen LogP contribution in [0.5, 0.6) is 17.2 Å². The highest BCUT2D eigenvalue weighted by atomic mass is 32.2. The molecule has 0 spiro atoms. The van der Waals surface area contributed by atoms with Gasteiger partial charge in [-0.3, -0.25) is 4.79 Å². The van der Waals surface area contributed by atoms with Gasteiger partial charge in [-0.2, -0.15) is 4.31 Å². The first-order valence-electron chi connectivity index (χ1n) is 10.0. The van der Waals surface area contributed by atoms with Crippen molar-refractivity contribution >= 4 is 21.6 Å². The predicted molar refractivity (Wildman–Crippen MR) is 117 cm³/mol. The fourth-order valence-corrected chi connectivity index (χ4v) is 5.53. The molecule has 0 unspecified atom stereocenters. The SMILES string of the molecule is COc1cc(NC(=O)c2cc(S(=O)(=O)N3CCCCC3)c(C)n2C)cc(OC)c1OC. The summed E-state index contributed by atoms with van der Waals surface area (Å²) in [6.07, 6.45) is 2.72. The summed E-state index contributed by atoms with van der Waals surface area (Å²) in [5.74, 6) is 0.759. The lowest BCUT2D eigenvalue weighted by Crippen LogP contribution is -2.35. The maximum Gasteiger partial charge on any atom is 0.272 e. The number of ether oxygens (including phenoxy) is 3. The molecule has 1 saturated heterocycles. The van der Waals surface area contributed by atoms with Crippen molar-refractivity contribution in [2.45, 2.75) is 31.1 Å². The maximum atomic E-state index is 13.1. The Hall–Kier alpha value is -2.72. The van der Waals surface area contributed by atoms with Crippen molar-refractivity contribution in [3.63, 3.8) is 0 Å². The Morgan fingerprint density at radius 3 is 2.06 bits per heavy atom. The monoisotopic (exact) mass is 451 g/mol. The number of rotatable bonds is 7. The summed E-state index contributed by atoms with van der Waals surface area (Å²) in [6, 6.07) is 4.66. The van der Waals surface area contributed by atoms with E-state index in [0.29, 0.717) is 41.7 Å². The normalized spacial score (nSPS) is 14.9. The minimum Gasteiger partial charge on any atom is -0.493 e. The van der Waals surface area contributed by atoms with Crippen LogP contribution in [-0.2, 0) is 17.1 Å². The van der Waals surface area contributed by atoms with Gasteiger partial charge in [0.25, 0.3) is 5.91 Å². The average molecular weight is 452 g/mol. The Balaban J connectivity index is 1.92. The van der Waals surface area contributed by atoms with Gasteiger partial charge in [0.1, 0.15) is 10.6 Å². The molecule has 10 heteroatoms. The summed E-state index contributed by atoms with van der Waals surface area (Å²) >= 11 is 0. The van der Waals surface area contributed by atoms with Crippen molar-refractivity contribution in [3.8, 4) is 17.2 Å². The van der Waals surface area contributed by atoms with Crippen molar-refractivity contribution in [3.05, 3.63) is 29.6 Å². The van der Waals surface area contributed by atoms with Crippen LogP contribution >= 0.6 is 0 Å². The zero-order valence-electron chi connectivity index (χ0n) is 18.5. The summed E-state index contributed by atoms with van der Waals surface area (Å²) in [4.78, 5) is 13.2. The van der Waals surface area contributed by atoms with E-state index in [2.05, 4.69) is 5.32 Å². The Kier molecular flexibility index (Phi) is 6.80. The third-order valence-electron chi connectivity index (χ3n) is 5.58. The number of piperidine rings is 1. The highest BCUT2D eigenvalue weighted by Gasteiger charge is 2.31. The van der Waals surface area contributed by atoms with Crippen molar-refractivity contribution < 1.29 is 27.4 Å². The number of nitrogens with zero attached hydrogens (tertiary/aromatic N) is 2. The van der Waals surface area contributed by atoms with Crippen molar-refractivity contribution in [2.75, 3.05) is 39.7 Å². The molecule has 3 rings (SSSR count). The molecule has 1 amide bonds. The Morgan fingerprint density at radius 2 is 1.55 bits per heavy atom. The Labute approximate surface area is 182 Å². The van der Waals surface area contributed by atoms with Crippen LogP contribution in [0.1, 0.15) is 35.4 Å². The molecule has 0 aliphatic carbocycles. The second-order valence-electron chi connectivity index (χ2n) is 7.37. The first-order chi connectivity index (χ1) is 14.7. The third-order valence-corrected chi connectivity index (χ3v) is 7.59. The molecule has 0 saturated carbocycles. The van der Waals surface area contributed by atoms with Crippen LogP contribution in [0.15, 0.2) is 23.1 Å². The van der Waals surface area contributed by atoms with Gasteiger partial charge in [0.2, 0.25) is 15.8 Å². The van der Waals surface area contributed by atoms with Gasteiger partial charge in [-0.05, 0) is 25.8 Å². The molecule has 1 aromatic carbocycles. The van der Waals surface area contributed by atoms with Gasteiger partial charge in [0.15, 0.2) is 11.5 Å². The first kappa shape index (κ1) is 23.0. The molecule has 0 radical (unpaired) electrons. The summed E-state index contributed by atoms with van der Waals surface area (Å²) in [7, 11) is 2.49. The van der Waals surface area contributed by atoms with E-state index in [1.165, 1.54) is 31.7 Å². The largest absolute Gasteiger partial charge is 0.493 e. The van der Waals surface area contributed by atoms with E-state index in [9.17, 15) is 13.2 Å². The van der Waals surface area contributed by atoms with Crippen LogP contribution in [0.2, 0.25) is 0 Å². The van der Waals surface area contributed by atoms with E-state index in [4.69, 9.17) is 14.2 Å². The number of aromatic nitrogens is 1. The standard InChI is InChI=1S/C21H29N3O6S/c1-14-19(31(26,27)24-9-7-6-8-10-24)13-16(23(14)2)21(25)22-15-11-17(28-3)20(30-5)18(12-15)29-4/h11-13H,6-10H2,1-5H3,(H,22,25). The van der Waals surface area contributed by atoms with Gasteiger partial charge < -0.3 is 24.1 Å². The smallest absolute Gasteiger partial charge is 0.272 e. The Morgan fingerprint density at radius 1 is 0.968 bits per heavy atom. The molecule has 0 atom stereocenters. The highest BCUT2D eigenvalue weighted by molar-refractivity contribution is 7.89. The van der Waals surface area contributed by atoms with Gasteiger partial charge in [0.05, 0.1) is 21.3 Å². The van der Waals surface area contributed by atoms with Crippen molar-refractivity contribution in [1.29, 1.82) is 0 Å². The lowest BCUT2D eigenvalue weighted by atomic mass is 10.2. The predicted octanol–water partition coefficient (Wildman–Crippen LogP) is 2.79. The van der Waals surface area contributed by atoms with Crippen LogP contribution in [0.25, 0.3) is 0 Å². The lowest BCUT2D eigenvalue weighted by molar-refractivity contribution is 0.101. The molecule has 2 aromatic rings. The summed E-state index contributed by atoms with van der Waals surface area (Å²) in [6.45, 7) is 2.71. The number of carbonyl (C=O) groups is 1. The number of methoxy groups -OCH3 is 3. The molecule has 9 nitrogen and oxygen atoms in total. The van der Waals surface area contributed by atoms with E-state index in [1.54, 1.807) is 30.7 Å². The molecule has 2 heterocycles. The fourth-order valence-electron chi connectivity index (χ4n) is 3.74. The lowest BCUT2D eigenvalue weighted by Gasteiger charge is -2.25. The second-order valence-corrected chi connectivity index (χ2v) is 9.28.